The molecule has 0 bridgehead atoms. The van der Waals surface area contributed by atoms with Crippen molar-refractivity contribution in [2.45, 2.75) is 26.9 Å². The molecule has 12 heteroatoms. The fourth-order valence-corrected chi connectivity index (χ4v) is 4.46. The van der Waals surface area contributed by atoms with E-state index in [2.05, 4.69) is 15.2 Å². The van der Waals surface area contributed by atoms with Gasteiger partial charge in [-0.15, -0.1) is 10.0 Å². The van der Waals surface area contributed by atoms with Crippen molar-refractivity contribution in [2.75, 3.05) is 28.9 Å². The first-order chi connectivity index (χ1) is 20.0. The Labute approximate surface area is 241 Å². The lowest BCUT2D eigenvalue weighted by atomic mass is 9.98. The number of aryl methyl sites for hydroxylation is 1. The van der Waals surface area contributed by atoms with Crippen LogP contribution in [0.4, 0.5) is 22.7 Å². The van der Waals surface area contributed by atoms with Crippen molar-refractivity contribution in [1.29, 1.82) is 0 Å². The zero-order valence-corrected chi connectivity index (χ0v) is 23.4. The Bertz CT molecular complexity index is 1600. The summed E-state index contributed by atoms with van der Waals surface area (Å²) in [5.41, 5.74) is 5.21. The predicted molar refractivity (Wildman–Crippen MR) is 158 cm³/mol. The van der Waals surface area contributed by atoms with Crippen LogP contribution in [0.1, 0.15) is 34.8 Å². The molecule has 2 aliphatic heterocycles. The molecule has 3 aromatic carbocycles. The minimum atomic E-state index is -1.07. The maximum Gasteiger partial charge on any atom is 0.335 e. The third-order valence-corrected chi connectivity index (χ3v) is 6.71. The van der Waals surface area contributed by atoms with E-state index >= 15 is 0 Å². The molecule has 2 N–H and O–H groups in total. The molecule has 5 rings (SSSR count). The molecule has 2 aliphatic rings. The van der Waals surface area contributed by atoms with E-state index in [1.165, 1.54) is 34.2 Å². The minimum Gasteiger partial charge on any atom is -0.478 e. The standard InChI is InChI=1S/C21H17N3O6.C9H12N2O/c1-12-10-17(25)23(15-8-4-14(5-9-15)21(27)28)19-18(12)20(26)24(22-19)16-6-2-13(3-7-16)11-30-29;1-7-6-8(11(2)3)4-5-9(7)10-12/h2-9,29H,10-11H2,1H3,(H,27,28);4-6H,1-3H3. The fourth-order valence-electron chi connectivity index (χ4n) is 4.46. The first-order valence-electron chi connectivity index (χ1n) is 12.8. The van der Waals surface area contributed by atoms with Gasteiger partial charge in [0.15, 0.2) is 5.84 Å². The summed E-state index contributed by atoms with van der Waals surface area (Å²) in [6, 6.07) is 18.1. The molecule has 2 heterocycles. The van der Waals surface area contributed by atoms with Crippen LogP contribution in [0.25, 0.3) is 0 Å². The molecule has 0 aromatic heterocycles. The summed E-state index contributed by atoms with van der Waals surface area (Å²) in [6.45, 7) is 3.61. The Morgan fingerprint density at radius 2 is 1.64 bits per heavy atom. The number of carbonyl (C=O) groups is 3. The lowest BCUT2D eigenvalue weighted by Gasteiger charge is -2.27. The van der Waals surface area contributed by atoms with E-state index < -0.39 is 5.97 Å². The third kappa shape index (κ3) is 6.09. The smallest absolute Gasteiger partial charge is 0.335 e. The van der Waals surface area contributed by atoms with E-state index in [0.717, 1.165) is 11.3 Å². The van der Waals surface area contributed by atoms with Crippen molar-refractivity contribution in [1.82, 2.24) is 0 Å². The number of aromatic carboxylic acids is 1. The lowest BCUT2D eigenvalue weighted by Crippen LogP contribution is -2.41. The topological polar surface area (TPSA) is 152 Å². The van der Waals surface area contributed by atoms with Crippen molar-refractivity contribution in [3.63, 3.8) is 0 Å². The Morgan fingerprint density at radius 1 is 1.00 bits per heavy atom. The highest BCUT2D eigenvalue weighted by Gasteiger charge is 2.42. The van der Waals surface area contributed by atoms with Gasteiger partial charge in [0.1, 0.15) is 12.3 Å². The zero-order chi connectivity index (χ0) is 30.6. The Hall–Kier alpha value is -5.20. The SMILES string of the molecule is CC1=C2C(=O)N(c3ccc(COO)cc3)N=C2N(c2ccc(C(=O)O)cc2)C(=O)C1.Cc1cc(N(C)C)ccc1N=O. The number of anilines is 3. The number of hydrogen-bond acceptors (Lipinski definition) is 9. The number of hydrogen-bond donors (Lipinski definition) is 2. The van der Waals surface area contributed by atoms with Gasteiger partial charge in [0, 0.05) is 26.2 Å². The van der Waals surface area contributed by atoms with E-state index in [9.17, 15) is 19.3 Å². The molecule has 12 nitrogen and oxygen atoms in total. The first-order valence-corrected chi connectivity index (χ1v) is 12.8. The maximum atomic E-state index is 13.1. The third-order valence-electron chi connectivity index (χ3n) is 6.71. The molecule has 0 fully saturated rings. The van der Waals surface area contributed by atoms with E-state index in [-0.39, 0.29) is 36.2 Å². The second-order valence-electron chi connectivity index (χ2n) is 9.85. The highest BCUT2D eigenvalue weighted by molar-refractivity contribution is 6.40. The number of fused-ring (bicyclic) bond motifs is 1. The van der Waals surface area contributed by atoms with Gasteiger partial charge in [0.2, 0.25) is 5.91 Å². The summed E-state index contributed by atoms with van der Waals surface area (Å²) >= 11 is 0. The van der Waals surface area contributed by atoms with Crippen LogP contribution in [0.15, 0.2) is 88.2 Å². The van der Waals surface area contributed by atoms with Crippen molar-refractivity contribution >= 4 is 46.4 Å². The molecule has 3 aromatic rings. The molecular weight excluding hydrogens is 542 g/mol. The number of amidine groups is 1. The lowest BCUT2D eigenvalue weighted by molar-refractivity contribution is -0.253. The van der Waals surface area contributed by atoms with Gasteiger partial charge >= 0.3 is 5.97 Å². The number of carboxylic acid groups (broad SMARTS) is 1. The highest BCUT2D eigenvalue weighted by Crippen LogP contribution is 2.34. The summed E-state index contributed by atoms with van der Waals surface area (Å²) in [4.78, 5) is 54.6. The van der Waals surface area contributed by atoms with Crippen molar-refractivity contribution in [3.05, 3.63) is 99.5 Å². The number of nitroso groups, excluding NO2 is 1. The quantitative estimate of drug-likeness (QED) is 0.222. The van der Waals surface area contributed by atoms with Crippen LogP contribution in [0.5, 0.6) is 0 Å². The number of amides is 2. The number of benzene rings is 3. The molecule has 42 heavy (non-hydrogen) atoms. The van der Waals surface area contributed by atoms with Gasteiger partial charge < -0.3 is 10.0 Å². The van der Waals surface area contributed by atoms with E-state index in [4.69, 9.17) is 10.4 Å². The maximum absolute atomic E-state index is 13.1. The van der Waals surface area contributed by atoms with E-state index in [0.29, 0.717) is 33.8 Å². The predicted octanol–water partition coefficient (Wildman–Crippen LogP) is 5.25. The second kappa shape index (κ2) is 12.5. The van der Waals surface area contributed by atoms with Crippen LogP contribution in [0.2, 0.25) is 0 Å². The van der Waals surface area contributed by atoms with Crippen LogP contribution in [-0.4, -0.2) is 48.1 Å². The first kappa shape index (κ1) is 29.8. The molecular formula is C30H29N5O7. The molecule has 0 saturated carbocycles. The van der Waals surface area contributed by atoms with E-state index in [1.54, 1.807) is 37.3 Å². The van der Waals surface area contributed by atoms with Gasteiger partial charge in [-0.05, 0) is 90.3 Å². The van der Waals surface area contributed by atoms with E-state index in [1.807, 2.05) is 38.1 Å². The second-order valence-corrected chi connectivity index (χ2v) is 9.85. The van der Waals surface area contributed by atoms with Gasteiger partial charge in [0.05, 0.1) is 22.5 Å². The van der Waals surface area contributed by atoms with Crippen molar-refractivity contribution in [2.24, 2.45) is 10.3 Å². The monoisotopic (exact) mass is 571 g/mol. The molecule has 0 atom stereocenters. The molecule has 216 valence electrons. The number of carbonyl (C=O) groups excluding carboxylic acids is 2. The van der Waals surface area contributed by atoms with Gasteiger partial charge in [-0.3, -0.25) is 19.7 Å². The fraction of sp³-hybridized carbons (Fsp3) is 0.200. The molecule has 0 spiro atoms. The Kier molecular flexibility index (Phi) is 8.89. The van der Waals surface area contributed by atoms with Crippen molar-refractivity contribution in [3.8, 4) is 0 Å². The van der Waals surface area contributed by atoms with Crippen molar-refractivity contribution < 1.29 is 29.6 Å². The molecule has 2 amide bonds. The van der Waals surface area contributed by atoms with Gasteiger partial charge in [-0.1, -0.05) is 12.1 Å². The van der Waals surface area contributed by atoms with Gasteiger partial charge in [-0.2, -0.15) is 5.01 Å². The summed E-state index contributed by atoms with van der Waals surface area (Å²) in [6.07, 6.45) is 0.0569. The van der Waals surface area contributed by atoms with Crippen LogP contribution < -0.4 is 14.8 Å². The van der Waals surface area contributed by atoms with Crippen LogP contribution in [0.3, 0.4) is 0 Å². The van der Waals surface area contributed by atoms with Gasteiger partial charge in [0.25, 0.3) is 5.91 Å². The summed E-state index contributed by atoms with van der Waals surface area (Å²) < 4.78 is 0. The summed E-state index contributed by atoms with van der Waals surface area (Å²) in [5, 5.41) is 26.2. The Balaban J connectivity index is 0.000000283. The number of carboxylic acids is 1. The largest absolute Gasteiger partial charge is 0.478 e. The molecule has 0 saturated heterocycles. The summed E-state index contributed by atoms with van der Waals surface area (Å²) in [5.74, 6) is -1.48. The normalized spacial score (nSPS) is 14.3. The highest BCUT2D eigenvalue weighted by atomic mass is 17.1. The number of rotatable bonds is 7. The minimum absolute atomic E-state index is 0.0155. The van der Waals surface area contributed by atoms with Gasteiger partial charge in [-0.25, -0.2) is 9.68 Å². The molecule has 0 unspecified atom stereocenters. The van der Waals surface area contributed by atoms with Crippen LogP contribution in [0, 0.1) is 11.8 Å². The average Bonchev–Trinajstić information content (AvgIpc) is 3.31. The average molecular weight is 572 g/mol. The molecule has 0 aliphatic carbocycles. The van der Waals surface area contributed by atoms with Crippen LogP contribution >= 0.6 is 0 Å². The molecule has 0 radical (unpaired) electrons. The van der Waals surface area contributed by atoms with Crippen LogP contribution in [-0.2, 0) is 21.1 Å². The Morgan fingerprint density at radius 3 is 2.19 bits per heavy atom. The summed E-state index contributed by atoms with van der Waals surface area (Å²) in [7, 11) is 3.92. The number of hydrazone groups is 1. The zero-order valence-electron chi connectivity index (χ0n) is 23.4. The number of nitrogens with zero attached hydrogens (tertiary/aromatic N) is 5.